The van der Waals surface area contributed by atoms with Crippen molar-refractivity contribution in [3.63, 3.8) is 0 Å². The molecule has 1 aliphatic heterocycles. The third-order valence-electron chi connectivity index (χ3n) is 2.45. The fraction of sp³-hybridized carbons (Fsp3) is 0.667. The minimum atomic E-state index is 0.361. The molecule has 3 N–H and O–H groups in total. The van der Waals surface area contributed by atoms with Gasteiger partial charge in [-0.15, -0.1) is 0 Å². The lowest BCUT2D eigenvalue weighted by Gasteiger charge is -2.12. The first kappa shape index (κ1) is 8.72. The average molecular weight is 180 g/mol. The van der Waals surface area contributed by atoms with Crippen LogP contribution in [-0.4, -0.2) is 34.2 Å². The number of nitrogens with one attached hydrogen (secondary N) is 1. The summed E-state index contributed by atoms with van der Waals surface area (Å²) in [5.41, 5.74) is 8.05. The molecule has 0 aromatic carbocycles. The Morgan fingerprint density at radius 1 is 1.77 bits per heavy atom. The maximum absolute atomic E-state index is 5.81. The van der Waals surface area contributed by atoms with Gasteiger partial charge in [0.05, 0.1) is 5.69 Å². The molecular weight excluding hydrogens is 164 g/mol. The maximum atomic E-state index is 5.81. The van der Waals surface area contributed by atoms with E-state index < -0.39 is 0 Å². The van der Waals surface area contributed by atoms with Crippen LogP contribution in [0.4, 0.5) is 0 Å². The monoisotopic (exact) mass is 180 g/mol. The predicted octanol–water partition coefficient (Wildman–Crippen LogP) is 0.251. The quantitative estimate of drug-likeness (QED) is 0.686. The standard InChI is InChI=1S/C9H16N4/c1-7-4-9(12-11-7)6-13-3-2-8(10)5-13/h4,8H,2-3,5-6,10H2,1H3,(H,11,12). The van der Waals surface area contributed by atoms with Crippen molar-refractivity contribution in [2.45, 2.75) is 25.9 Å². The lowest BCUT2D eigenvalue weighted by molar-refractivity contribution is 0.322. The van der Waals surface area contributed by atoms with Gasteiger partial charge in [-0.2, -0.15) is 5.10 Å². The first-order valence-electron chi connectivity index (χ1n) is 4.73. The number of hydrogen-bond acceptors (Lipinski definition) is 3. The fourth-order valence-electron chi connectivity index (χ4n) is 1.79. The molecule has 1 unspecified atom stereocenters. The summed E-state index contributed by atoms with van der Waals surface area (Å²) in [4.78, 5) is 2.35. The number of rotatable bonds is 2. The highest BCUT2D eigenvalue weighted by Crippen LogP contribution is 2.10. The number of aromatic nitrogens is 2. The molecule has 72 valence electrons. The van der Waals surface area contributed by atoms with Gasteiger partial charge in [-0.25, -0.2) is 0 Å². The zero-order valence-electron chi connectivity index (χ0n) is 7.95. The Morgan fingerprint density at radius 2 is 2.62 bits per heavy atom. The first-order valence-corrected chi connectivity index (χ1v) is 4.73. The summed E-state index contributed by atoms with van der Waals surface area (Å²) < 4.78 is 0. The van der Waals surface area contributed by atoms with Crippen molar-refractivity contribution in [1.82, 2.24) is 15.1 Å². The Kier molecular flexibility index (Phi) is 2.33. The van der Waals surface area contributed by atoms with E-state index in [2.05, 4.69) is 21.2 Å². The molecule has 0 spiro atoms. The van der Waals surface area contributed by atoms with E-state index in [9.17, 15) is 0 Å². The van der Waals surface area contributed by atoms with Crippen LogP contribution in [-0.2, 0) is 6.54 Å². The van der Waals surface area contributed by atoms with Crippen molar-refractivity contribution < 1.29 is 0 Å². The molecule has 1 aliphatic rings. The lowest BCUT2D eigenvalue weighted by Crippen LogP contribution is -2.26. The van der Waals surface area contributed by atoms with Gasteiger partial charge >= 0.3 is 0 Å². The molecule has 2 heterocycles. The van der Waals surface area contributed by atoms with Crippen LogP contribution in [0.25, 0.3) is 0 Å². The Hall–Kier alpha value is -0.870. The highest BCUT2D eigenvalue weighted by atomic mass is 15.2. The van der Waals surface area contributed by atoms with E-state index in [1.807, 2.05) is 6.92 Å². The molecule has 13 heavy (non-hydrogen) atoms. The molecule has 1 fully saturated rings. The molecule has 1 atom stereocenters. The highest BCUT2D eigenvalue weighted by molar-refractivity contribution is 5.06. The number of nitrogens with zero attached hydrogens (tertiary/aromatic N) is 2. The highest BCUT2D eigenvalue weighted by Gasteiger charge is 2.19. The molecule has 0 radical (unpaired) electrons. The molecule has 0 bridgehead atoms. The summed E-state index contributed by atoms with van der Waals surface area (Å²) in [6.07, 6.45) is 1.11. The summed E-state index contributed by atoms with van der Waals surface area (Å²) in [7, 11) is 0. The minimum Gasteiger partial charge on any atom is -0.326 e. The molecule has 1 aromatic rings. The summed E-state index contributed by atoms with van der Waals surface area (Å²) in [6.45, 7) is 5.06. The SMILES string of the molecule is Cc1cc(CN2CCC(N)C2)n[nH]1. The van der Waals surface area contributed by atoms with Crippen LogP contribution in [0.2, 0.25) is 0 Å². The van der Waals surface area contributed by atoms with Crippen molar-refractivity contribution in [2.75, 3.05) is 13.1 Å². The topological polar surface area (TPSA) is 57.9 Å². The van der Waals surface area contributed by atoms with Crippen molar-refractivity contribution in [3.8, 4) is 0 Å². The molecule has 0 saturated carbocycles. The number of likely N-dealkylation sites (tertiary alicyclic amines) is 1. The van der Waals surface area contributed by atoms with Gasteiger partial charge in [0, 0.05) is 31.4 Å². The van der Waals surface area contributed by atoms with E-state index in [1.165, 1.54) is 0 Å². The van der Waals surface area contributed by atoms with E-state index >= 15 is 0 Å². The van der Waals surface area contributed by atoms with E-state index in [4.69, 9.17) is 5.73 Å². The Labute approximate surface area is 78.1 Å². The second kappa shape index (κ2) is 3.47. The maximum Gasteiger partial charge on any atom is 0.0765 e. The molecule has 1 aromatic heterocycles. The number of nitrogens with two attached hydrogens (primary N) is 1. The van der Waals surface area contributed by atoms with Crippen molar-refractivity contribution in [3.05, 3.63) is 17.5 Å². The number of H-pyrrole nitrogens is 1. The van der Waals surface area contributed by atoms with Gasteiger partial charge in [0.25, 0.3) is 0 Å². The van der Waals surface area contributed by atoms with Gasteiger partial charge < -0.3 is 5.73 Å². The molecule has 0 amide bonds. The lowest BCUT2D eigenvalue weighted by atomic mass is 10.3. The van der Waals surface area contributed by atoms with Gasteiger partial charge in [0.2, 0.25) is 0 Å². The van der Waals surface area contributed by atoms with Crippen LogP contribution >= 0.6 is 0 Å². The third kappa shape index (κ3) is 2.08. The summed E-state index contributed by atoms with van der Waals surface area (Å²) in [6, 6.07) is 2.45. The summed E-state index contributed by atoms with van der Waals surface area (Å²) in [5, 5.41) is 7.14. The van der Waals surface area contributed by atoms with Crippen LogP contribution in [0.5, 0.6) is 0 Å². The van der Waals surface area contributed by atoms with Crippen molar-refractivity contribution in [2.24, 2.45) is 5.73 Å². The molecule has 0 aliphatic carbocycles. The second-order valence-corrected chi connectivity index (χ2v) is 3.83. The molecule has 4 nitrogen and oxygen atoms in total. The van der Waals surface area contributed by atoms with Crippen LogP contribution in [0.1, 0.15) is 17.8 Å². The number of hydrogen-bond donors (Lipinski definition) is 2. The zero-order chi connectivity index (χ0) is 9.26. The fourth-order valence-corrected chi connectivity index (χ4v) is 1.79. The van der Waals surface area contributed by atoms with E-state index in [1.54, 1.807) is 0 Å². The number of aromatic amines is 1. The van der Waals surface area contributed by atoms with Crippen LogP contribution < -0.4 is 5.73 Å². The van der Waals surface area contributed by atoms with E-state index in [0.717, 1.165) is 37.4 Å². The largest absolute Gasteiger partial charge is 0.326 e. The number of aryl methyl sites for hydroxylation is 1. The molecule has 2 rings (SSSR count). The normalized spacial score (nSPS) is 24.0. The van der Waals surface area contributed by atoms with Crippen LogP contribution in [0.15, 0.2) is 6.07 Å². The molecule has 4 heteroatoms. The molecular formula is C9H16N4. The Balaban J connectivity index is 1.91. The van der Waals surface area contributed by atoms with Crippen LogP contribution in [0, 0.1) is 6.92 Å². The Morgan fingerprint density at radius 3 is 3.15 bits per heavy atom. The van der Waals surface area contributed by atoms with E-state index in [0.29, 0.717) is 6.04 Å². The Bertz CT molecular complexity index is 281. The van der Waals surface area contributed by atoms with Gasteiger partial charge in [-0.1, -0.05) is 0 Å². The smallest absolute Gasteiger partial charge is 0.0765 e. The molecule has 1 saturated heterocycles. The van der Waals surface area contributed by atoms with Crippen LogP contribution in [0.3, 0.4) is 0 Å². The first-order chi connectivity index (χ1) is 6.24. The predicted molar refractivity (Wildman–Crippen MR) is 51.2 cm³/mol. The second-order valence-electron chi connectivity index (χ2n) is 3.83. The van der Waals surface area contributed by atoms with Crippen molar-refractivity contribution in [1.29, 1.82) is 0 Å². The van der Waals surface area contributed by atoms with Gasteiger partial charge in [0.15, 0.2) is 0 Å². The van der Waals surface area contributed by atoms with E-state index in [-0.39, 0.29) is 0 Å². The van der Waals surface area contributed by atoms with Gasteiger partial charge in [-0.05, 0) is 19.4 Å². The summed E-state index contributed by atoms with van der Waals surface area (Å²) >= 11 is 0. The zero-order valence-corrected chi connectivity index (χ0v) is 7.95. The van der Waals surface area contributed by atoms with Crippen molar-refractivity contribution >= 4 is 0 Å². The van der Waals surface area contributed by atoms with Gasteiger partial charge in [-0.3, -0.25) is 10.00 Å². The summed E-state index contributed by atoms with van der Waals surface area (Å²) in [5.74, 6) is 0. The van der Waals surface area contributed by atoms with Gasteiger partial charge in [0.1, 0.15) is 0 Å². The third-order valence-corrected chi connectivity index (χ3v) is 2.45. The minimum absolute atomic E-state index is 0.361. The average Bonchev–Trinajstić information content (AvgIpc) is 2.62.